The van der Waals surface area contributed by atoms with Crippen LogP contribution in [0.3, 0.4) is 0 Å². The SMILES string of the molecule is CC(C)CCCCNCC(C)(C)C(=O)O. The van der Waals surface area contributed by atoms with Crippen LogP contribution in [0.2, 0.25) is 0 Å². The monoisotopic (exact) mass is 215 g/mol. The highest BCUT2D eigenvalue weighted by atomic mass is 16.4. The quantitative estimate of drug-likeness (QED) is 0.612. The molecule has 0 aromatic heterocycles. The van der Waals surface area contributed by atoms with Crippen LogP contribution < -0.4 is 5.32 Å². The van der Waals surface area contributed by atoms with Crippen LogP contribution in [0.4, 0.5) is 0 Å². The van der Waals surface area contributed by atoms with Gasteiger partial charge in [0.05, 0.1) is 5.41 Å². The van der Waals surface area contributed by atoms with Gasteiger partial charge in [-0.1, -0.05) is 26.7 Å². The number of carboxylic acid groups (broad SMARTS) is 1. The van der Waals surface area contributed by atoms with Crippen LogP contribution in [0.5, 0.6) is 0 Å². The lowest BCUT2D eigenvalue weighted by atomic mass is 9.94. The highest BCUT2D eigenvalue weighted by molar-refractivity contribution is 5.73. The Balaban J connectivity index is 3.43. The summed E-state index contributed by atoms with van der Waals surface area (Å²) < 4.78 is 0. The van der Waals surface area contributed by atoms with E-state index in [9.17, 15) is 4.79 Å². The number of rotatable bonds is 8. The van der Waals surface area contributed by atoms with Crippen LogP contribution in [-0.2, 0) is 4.79 Å². The first-order valence-corrected chi connectivity index (χ1v) is 5.80. The summed E-state index contributed by atoms with van der Waals surface area (Å²) in [5.74, 6) is 0.0256. The highest BCUT2D eigenvalue weighted by Crippen LogP contribution is 2.13. The van der Waals surface area contributed by atoms with Crippen molar-refractivity contribution in [2.24, 2.45) is 11.3 Å². The van der Waals surface area contributed by atoms with Gasteiger partial charge in [0.1, 0.15) is 0 Å². The van der Waals surface area contributed by atoms with Gasteiger partial charge in [-0.2, -0.15) is 0 Å². The van der Waals surface area contributed by atoms with E-state index in [1.165, 1.54) is 12.8 Å². The molecule has 0 unspecified atom stereocenters. The zero-order chi connectivity index (χ0) is 11.9. The summed E-state index contributed by atoms with van der Waals surface area (Å²) in [7, 11) is 0. The fraction of sp³-hybridized carbons (Fsp3) is 0.917. The second kappa shape index (κ2) is 6.83. The van der Waals surface area contributed by atoms with Crippen molar-refractivity contribution in [1.82, 2.24) is 5.32 Å². The molecule has 0 saturated carbocycles. The number of hydrogen-bond donors (Lipinski definition) is 2. The Hall–Kier alpha value is -0.570. The fourth-order valence-electron chi connectivity index (χ4n) is 1.28. The molecule has 3 nitrogen and oxygen atoms in total. The van der Waals surface area contributed by atoms with Crippen LogP contribution >= 0.6 is 0 Å². The Bertz CT molecular complexity index is 188. The van der Waals surface area contributed by atoms with E-state index in [0.29, 0.717) is 6.54 Å². The predicted molar refractivity (Wildman–Crippen MR) is 63.0 cm³/mol. The average Bonchev–Trinajstić information content (AvgIpc) is 2.10. The van der Waals surface area contributed by atoms with Gasteiger partial charge in [-0.15, -0.1) is 0 Å². The van der Waals surface area contributed by atoms with E-state index in [0.717, 1.165) is 18.9 Å². The van der Waals surface area contributed by atoms with Crippen molar-refractivity contribution in [2.75, 3.05) is 13.1 Å². The first kappa shape index (κ1) is 14.4. The van der Waals surface area contributed by atoms with Crippen LogP contribution in [0.25, 0.3) is 0 Å². The number of hydrogen-bond acceptors (Lipinski definition) is 2. The first-order valence-electron chi connectivity index (χ1n) is 5.80. The maximum absolute atomic E-state index is 10.8. The lowest BCUT2D eigenvalue weighted by Crippen LogP contribution is -2.36. The van der Waals surface area contributed by atoms with Gasteiger partial charge in [0.15, 0.2) is 0 Å². The van der Waals surface area contributed by atoms with Gasteiger partial charge >= 0.3 is 5.97 Å². The van der Waals surface area contributed by atoms with Crippen molar-refractivity contribution in [3.8, 4) is 0 Å². The van der Waals surface area contributed by atoms with Crippen molar-refractivity contribution in [3.05, 3.63) is 0 Å². The molecule has 0 saturated heterocycles. The summed E-state index contributed by atoms with van der Waals surface area (Å²) in [4.78, 5) is 10.8. The van der Waals surface area contributed by atoms with Gasteiger partial charge in [-0.3, -0.25) is 4.79 Å². The zero-order valence-corrected chi connectivity index (χ0v) is 10.5. The molecular weight excluding hydrogens is 190 g/mol. The smallest absolute Gasteiger partial charge is 0.310 e. The lowest BCUT2D eigenvalue weighted by Gasteiger charge is -2.19. The van der Waals surface area contributed by atoms with Crippen molar-refractivity contribution in [3.63, 3.8) is 0 Å². The Kier molecular flexibility index (Phi) is 6.57. The molecule has 2 N–H and O–H groups in total. The van der Waals surface area contributed by atoms with Crippen molar-refractivity contribution < 1.29 is 9.90 Å². The summed E-state index contributed by atoms with van der Waals surface area (Å²) in [6.45, 7) is 9.41. The molecule has 0 spiro atoms. The third-order valence-electron chi connectivity index (χ3n) is 2.53. The second-order valence-electron chi connectivity index (χ2n) is 5.26. The molecule has 15 heavy (non-hydrogen) atoms. The summed E-state index contributed by atoms with van der Waals surface area (Å²) >= 11 is 0. The van der Waals surface area contributed by atoms with Crippen molar-refractivity contribution in [1.29, 1.82) is 0 Å². The van der Waals surface area contributed by atoms with Gasteiger partial charge in [0.2, 0.25) is 0 Å². The molecule has 0 aromatic rings. The molecular formula is C12H25NO2. The predicted octanol–water partition coefficient (Wildman–Crippen LogP) is 2.51. The highest BCUT2D eigenvalue weighted by Gasteiger charge is 2.25. The standard InChI is InChI=1S/C12H25NO2/c1-10(2)7-5-6-8-13-9-12(3,4)11(14)15/h10,13H,5-9H2,1-4H3,(H,14,15). The van der Waals surface area contributed by atoms with Gasteiger partial charge < -0.3 is 10.4 Å². The van der Waals surface area contributed by atoms with Crippen molar-refractivity contribution in [2.45, 2.75) is 47.0 Å². The number of carboxylic acids is 1. The largest absolute Gasteiger partial charge is 0.481 e. The molecule has 90 valence electrons. The van der Waals surface area contributed by atoms with Crippen LogP contribution in [-0.4, -0.2) is 24.2 Å². The first-order chi connectivity index (χ1) is 6.86. The molecule has 0 bridgehead atoms. The summed E-state index contributed by atoms with van der Waals surface area (Å²) in [6.07, 6.45) is 3.61. The normalized spacial score (nSPS) is 12.1. The maximum Gasteiger partial charge on any atom is 0.310 e. The van der Waals surface area contributed by atoms with Crippen LogP contribution in [0, 0.1) is 11.3 Å². The molecule has 0 atom stereocenters. The van der Waals surface area contributed by atoms with Crippen molar-refractivity contribution >= 4 is 5.97 Å². The molecule has 0 radical (unpaired) electrons. The number of carbonyl (C=O) groups is 1. The molecule has 0 heterocycles. The molecule has 0 rings (SSSR count). The minimum atomic E-state index is -0.739. The topological polar surface area (TPSA) is 49.3 Å². The molecule has 0 aliphatic rings. The fourth-order valence-corrected chi connectivity index (χ4v) is 1.28. The molecule has 0 aromatic carbocycles. The maximum atomic E-state index is 10.8. The lowest BCUT2D eigenvalue weighted by molar-refractivity contribution is -0.146. The minimum absolute atomic E-state index is 0.546. The summed E-state index contributed by atoms with van der Waals surface area (Å²) in [5.41, 5.74) is -0.655. The molecule has 0 aliphatic carbocycles. The van der Waals surface area contributed by atoms with E-state index in [4.69, 9.17) is 5.11 Å². The molecule has 0 fully saturated rings. The van der Waals surface area contributed by atoms with Gasteiger partial charge in [-0.05, 0) is 32.7 Å². The number of aliphatic carboxylic acids is 1. The minimum Gasteiger partial charge on any atom is -0.481 e. The van der Waals surface area contributed by atoms with E-state index < -0.39 is 11.4 Å². The number of nitrogens with one attached hydrogen (secondary N) is 1. The summed E-state index contributed by atoms with van der Waals surface area (Å²) in [5, 5.41) is 12.1. The Morgan fingerprint density at radius 2 is 1.93 bits per heavy atom. The summed E-state index contributed by atoms with van der Waals surface area (Å²) in [6, 6.07) is 0. The number of unbranched alkanes of at least 4 members (excludes halogenated alkanes) is 1. The van der Waals surface area contributed by atoms with E-state index >= 15 is 0 Å². The Morgan fingerprint density at radius 3 is 2.40 bits per heavy atom. The Morgan fingerprint density at radius 1 is 1.33 bits per heavy atom. The van der Waals surface area contributed by atoms with E-state index in [1.54, 1.807) is 13.8 Å². The second-order valence-corrected chi connectivity index (χ2v) is 5.26. The van der Waals surface area contributed by atoms with Crippen LogP contribution in [0.15, 0.2) is 0 Å². The van der Waals surface area contributed by atoms with Gasteiger partial charge in [0.25, 0.3) is 0 Å². The Labute approximate surface area is 93.3 Å². The zero-order valence-electron chi connectivity index (χ0n) is 10.5. The van der Waals surface area contributed by atoms with Crippen LogP contribution in [0.1, 0.15) is 47.0 Å². The van der Waals surface area contributed by atoms with Gasteiger partial charge in [-0.25, -0.2) is 0 Å². The third kappa shape index (κ3) is 7.37. The van der Waals surface area contributed by atoms with E-state index in [-0.39, 0.29) is 0 Å². The van der Waals surface area contributed by atoms with E-state index in [2.05, 4.69) is 19.2 Å². The molecule has 0 amide bonds. The third-order valence-corrected chi connectivity index (χ3v) is 2.53. The average molecular weight is 215 g/mol. The van der Waals surface area contributed by atoms with E-state index in [1.807, 2.05) is 0 Å². The van der Waals surface area contributed by atoms with Gasteiger partial charge in [0, 0.05) is 6.54 Å². The molecule has 0 aliphatic heterocycles. The molecule has 3 heteroatoms.